The molecule has 0 spiro atoms. The van der Waals surface area contributed by atoms with Crippen LogP contribution in [0.4, 0.5) is 17.6 Å². The Hall–Kier alpha value is -1.54. The number of hydrogen-bond acceptors (Lipinski definition) is 3. The number of aromatic nitrogens is 1. The average molecular weight is 406 g/mol. The number of thioether (sulfide) groups is 1. The van der Waals surface area contributed by atoms with Crippen LogP contribution in [0, 0.1) is 5.82 Å². The van der Waals surface area contributed by atoms with E-state index in [9.17, 15) is 17.6 Å². The molecule has 0 fully saturated rings. The van der Waals surface area contributed by atoms with Gasteiger partial charge in [0.15, 0.2) is 5.58 Å². The summed E-state index contributed by atoms with van der Waals surface area (Å²) in [5.41, 5.74) is 0.847. The highest BCUT2D eigenvalue weighted by Gasteiger charge is 2.29. The van der Waals surface area contributed by atoms with E-state index in [0.29, 0.717) is 27.6 Å². The van der Waals surface area contributed by atoms with Crippen molar-refractivity contribution >= 4 is 38.8 Å². The summed E-state index contributed by atoms with van der Waals surface area (Å²) in [6.07, 6.45) is -4.34. The normalized spacial score (nSPS) is 12.0. The van der Waals surface area contributed by atoms with Crippen molar-refractivity contribution in [2.75, 3.05) is 0 Å². The Balaban J connectivity index is 1.73. The van der Waals surface area contributed by atoms with Crippen LogP contribution in [0.25, 0.3) is 11.1 Å². The monoisotopic (exact) mass is 405 g/mol. The molecule has 0 saturated heterocycles. The fraction of sp³-hybridized carbons (Fsp3) is 0.133. The number of oxazole rings is 1. The molecule has 0 saturated carbocycles. The smallest absolute Gasteiger partial charge is 0.416 e. The summed E-state index contributed by atoms with van der Waals surface area (Å²) in [6, 6.07) is 7.64. The number of nitrogens with zero attached hydrogens (tertiary/aromatic N) is 1. The van der Waals surface area contributed by atoms with Crippen LogP contribution in [0.3, 0.4) is 0 Å². The minimum atomic E-state index is -4.34. The van der Waals surface area contributed by atoms with Gasteiger partial charge in [-0.25, -0.2) is 9.37 Å². The molecule has 0 amide bonds. The number of benzene rings is 2. The van der Waals surface area contributed by atoms with E-state index in [1.54, 1.807) is 0 Å². The molecule has 2 nitrogen and oxygen atoms in total. The zero-order valence-electron chi connectivity index (χ0n) is 11.3. The van der Waals surface area contributed by atoms with E-state index in [-0.39, 0.29) is 4.47 Å². The van der Waals surface area contributed by atoms with Crippen molar-refractivity contribution in [2.45, 2.75) is 17.2 Å². The molecule has 0 aliphatic carbocycles. The molecule has 0 radical (unpaired) electrons. The van der Waals surface area contributed by atoms with Crippen LogP contribution in [0.1, 0.15) is 11.1 Å². The number of rotatable bonds is 3. The highest BCUT2D eigenvalue weighted by atomic mass is 79.9. The molecule has 0 aliphatic rings. The van der Waals surface area contributed by atoms with E-state index in [1.807, 2.05) is 0 Å². The third kappa shape index (κ3) is 3.69. The molecule has 8 heteroatoms. The largest absolute Gasteiger partial charge is 0.431 e. The van der Waals surface area contributed by atoms with Gasteiger partial charge in [0, 0.05) is 17.9 Å². The lowest BCUT2D eigenvalue weighted by Crippen LogP contribution is -2.04. The maximum atomic E-state index is 13.4. The maximum Gasteiger partial charge on any atom is 0.416 e. The van der Waals surface area contributed by atoms with Gasteiger partial charge in [-0.3, -0.25) is 0 Å². The summed E-state index contributed by atoms with van der Waals surface area (Å²) in [5.74, 6) is -0.0423. The van der Waals surface area contributed by atoms with Crippen molar-refractivity contribution in [3.63, 3.8) is 0 Å². The molecular formula is C15H8BrF4NOS. The summed E-state index contributed by atoms with van der Waals surface area (Å²) in [7, 11) is 0. The Morgan fingerprint density at radius 3 is 2.48 bits per heavy atom. The second kappa shape index (κ2) is 6.16. The van der Waals surface area contributed by atoms with Crippen molar-refractivity contribution < 1.29 is 22.0 Å². The molecule has 120 valence electrons. The predicted molar refractivity (Wildman–Crippen MR) is 82.7 cm³/mol. The Morgan fingerprint density at radius 1 is 1.13 bits per heavy atom. The lowest BCUT2D eigenvalue weighted by atomic mass is 10.1. The van der Waals surface area contributed by atoms with E-state index in [0.717, 1.165) is 12.1 Å². The Bertz CT molecular complexity index is 806. The standard InChI is InChI=1S/C15H8BrF4NOS/c16-10-5-13-12(6-11(10)17)21-14(22-13)23-7-8-1-3-9(4-2-8)15(18,19)20/h1-6H,7H2. The van der Waals surface area contributed by atoms with Gasteiger partial charge >= 0.3 is 6.18 Å². The first-order valence-corrected chi connectivity index (χ1v) is 8.15. The van der Waals surface area contributed by atoms with E-state index in [2.05, 4.69) is 20.9 Å². The van der Waals surface area contributed by atoms with Crippen molar-refractivity contribution in [2.24, 2.45) is 0 Å². The molecule has 0 bridgehead atoms. The Labute approximate surface area is 141 Å². The van der Waals surface area contributed by atoms with Gasteiger partial charge in [-0.1, -0.05) is 23.9 Å². The third-order valence-corrected chi connectivity index (χ3v) is 4.56. The number of fused-ring (bicyclic) bond motifs is 1. The molecular weight excluding hydrogens is 398 g/mol. The van der Waals surface area contributed by atoms with E-state index in [1.165, 1.54) is 36.0 Å². The second-order valence-electron chi connectivity index (χ2n) is 4.70. The highest BCUT2D eigenvalue weighted by Crippen LogP contribution is 2.31. The zero-order valence-corrected chi connectivity index (χ0v) is 13.7. The Morgan fingerprint density at radius 2 is 1.83 bits per heavy atom. The van der Waals surface area contributed by atoms with Crippen molar-refractivity contribution in [1.82, 2.24) is 4.98 Å². The summed E-state index contributed by atoms with van der Waals surface area (Å²) in [6.45, 7) is 0. The van der Waals surface area contributed by atoms with Crippen molar-refractivity contribution in [1.29, 1.82) is 0 Å². The molecule has 3 rings (SSSR count). The van der Waals surface area contributed by atoms with Gasteiger partial charge in [0.05, 0.1) is 10.0 Å². The van der Waals surface area contributed by atoms with Gasteiger partial charge in [0.25, 0.3) is 5.22 Å². The van der Waals surface area contributed by atoms with Gasteiger partial charge in [-0.15, -0.1) is 0 Å². The quantitative estimate of drug-likeness (QED) is 0.392. The van der Waals surface area contributed by atoms with Gasteiger partial charge in [-0.05, 0) is 33.6 Å². The third-order valence-electron chi connectivity index (χ3n) is 3.05. The fourth-order valence-corrected chi connectivity index (χ4v) is 3.02. The van der Waals surface area contributed by atoms with Gasteiger partial charge in [0.2, 0.25) is 0 Å². The lowest BCUT2D eigenvalue weighted by Gasteiger charge is -2.06. The number of alkyl halides is 3. The summed E-state index contributed by atoms with van der Waals surface area (Å²) >= 11 is 4.29. The molecule has 3 aromatic rings. The van der Waals surface area contributed by atoms with Crippen LogP contribution in [0.2, 0.25) is 0 Å². The van der Waals surface area contributed by atoms with Crippen molar-refractivity contribution in [3.05, 3.63) is 57.8 Å². The van der Waals surface area contributed by atoms with Crippen LogP contribution in [-0.4, -0.2) is 4.98 Å². The van der Waals surface area contributed by atoms with E-state index < -0.39 is 17.6 Å². The number of hydrogen-bond donors (Lipinski definition) is 0. The van der Waals surface area contributed by atoms with Crippen molar-refractivity contribution in [3.8, 4) is 0 Å². The second-order valence-corrected chi connectivity index (χ2v) is 6.48. The number of halogens is 5. The first kappa shape index (κ1) is 16.3. The Kier molecular flexibility index (Phi) is 4.37. The molecule has 0 atom stereocenters. The highest BCUT2D eigenvalue weighted by molar-refractivity contribution is 9.10. The molecule has 1 aromatic heterocycles. The van der Waals surface area contributed by atoms with Gasteiger partial charge in [0.1, 0.15) is 11.3 Å². The SMILES string of the molecule is Fc1cc2nc(SCc3ccc(C(F)(F)F)cc3)oc2cc1Br. The summed E-state index contributed by atoms with van der Waals surface area (Å²) < 4.78 is 56.6. The molecule has 0 unspecified atom stereocenters. The van der Waals surface area contributed by atoms with Crippen LogP contribution in [-0.2, 0) is 11.9 Å². The molecule has 23 heavy (non-hydrogen) atoms. The first-order valence-electron chi connectivity index (χ1n) is 6.37. The van der Waals surface area contributed by atoms with Crippen LogP contribution >= 0.6 is 27.7 Å². The first-order chi connectivity index (χ1) is 10.8. The molecule has 0 aliphatic heterocycles. The maximum absolute atomic E-state index is 13.4. The van der Waals surface area contributed by atoms with Crippen LogP contribution in [0.5, 0.6) is 0 Å². The average Bonchev–Trinajstić information content (AvgIpc) is 2.87. The molecule has 1 heterocycles. The van der Waals surface area contributed by atoms with E-state index >= 15 is 0 Å². The predicted octanol–water partition coefficient (Wildman–Crippen LogP) is 6.04. The van der Waals surface area contributed by atoms with Gasteiger partial charge in [-0.2, -0.15) is 13.2 Å². The summed E-state index contributed by atoms with van der Waals surface area (Å²) in [4.78, 5) is 4.14. The van der Waals surface area contributed by atoms with Crippen LogP contribution in [0.15, 0.2) is 50.5 Å². The topological polar surface area (TPSA) is 26.0 Å². The fourth-order valence-electron chi connectivity index (χ4n) is 1.90. The molecule has 0 N–H and O–H groups in total. The zero-order chi connectivity index (χ0) is 16.6. The lowest BCUT2D eigenvalue weighted by molar-refractivity contribution is -0.137. The van der Waals surface area contributed by atoms with Crippen LogP contribution < -0.4 is 0 Å². The van der Waals surface area contributed by atoms with E-state index in [4.69, 9.17) is 4.42 Å². The minimum absolute atomic E-state index is 0.278. The van der Waals surface area contributed by atoms with Gasteiger partial charge < -0.3 is 4.42 Å². The molecule has 2 aromatic carbocycles. The minimum Gasteiger partial charge on any atom is -0.431 e. The summed E-state index contributed by atoms with van der Waals surface area (Å²) in [5, 5.41) is 0.331.